The van der Waals surface area contributed by atoms with Crippen LogP contribution in [0.1, 0.15) is 19.3 Å². The van der Waals surface area contributed by atoms with Crippen LogP contribution in [-0.2, 0) is 28.8 Å². The van der Waals surface area contributed by atoms with Gasteiger partial charge in [0.15, 0.2) is 0 Å². The van der Waals surface area contributed by atoms with Crippen molar-refractivity contribution in [2.24, 2.45) is 5.73 Å². The van der Waals surface area contributed by atoms with Gasteiger partial charge >= 0.3 is 17.9 Å². The molecule has 28 heavy (non-hydrogen) atoms. The van der Waals surface area contributed by atoms with Crippen LogP contribution in [0.4, 0.5) is 0 Å². The van der Waals surface area contributed by atoms with Crippen molar-refractivity contribution in [3.05, 3.63) is 0 Å². The van der Waals surface area contributed by atoms with Crippen LogP contribution < -0.4 is 21.7 Å². The lowest BCUT2D eigenvalue weighted by Crippen LogP contribution is -2.57. The first-order chi connectivity index (χ1) is 13.0. The quantitative estimate of drug-likeness (QED) is 0.146. The van der Waals surface area contributed by atoms with Crippen LogP contribution in [0.25, 0.3) is 0 Å². The molecule has 158 valence electrons. The summed E-state index contributed by atoms with van der Waals surface area (Å²) in [5.74, 6) is -7.13. The van der Waals surface area contributed by atoms with Gasteiger partial charge in [0.2, 0.25) is 17.7 Å². The van der Waals surface area contributed by atoms with Crippen LogP contribution in [0.5, 0.6) is 0 Å². The first kappa shape index (κ1) is 24.7. The van der Waals surface area contributed by atoms with Gasteiger partial charge in [-0.25, -0.2) is 0 Å². The Morgan fingerprint density at radius 3 is 1.82 bits per heavy atom. The number of nitrogens with one attached hydrogen (secondary N) is 3. The van der Waals surface area contributed by atoms with Crippen LogP contribution >= 0.6 is 0 Å². The van der Waals surface area contributed by atoms with Crippen LogP contribution in [-0.4, -0.2) is 87.3 Å². The van der Waals surface area contributed by atoms with Gasteiger partial charge in [0, 0.05) is 6.42 Å². The molecule has 0 aliphatic heterocycles. The molecule has 0 spiro atoms. The molecule has 0 saturated heterocycles. The number of carbonyl (C=O) groups is 6. The molecule has 0 bridgehead atoms. The average molecular weight is 406 g/mol. The van der Waals surface area contributed by atoms with E-state index in [9.17, 15) is 33.9 Å². The molecule has 0 heterocycles. The molecule has 0 radical (unpaired) electrons. The number of aliphatic hydroxyl groups excluding tert-OH is 1. The van der Waals surface area contributed by atoms with Crippen LogP contribution in [0.3, 0.4) is 0 Å². The molecule has 0 fully saturated rings. The topological polar surface area (TPSA) is 245 Å². The van der Waals surface area contributed by atoms with Gasteiger partial charge < -0.3 is 42.1 Å². The minimum Gasteiger partial charge on any atom is -0.481 e. The molecular formula is C14H22N4O10. The van der Waals surface area contributed by atoms with Crippen LogP contribution in [0.15, 0.2) is 0 Å². The summed E-state index contributed by atoms with van der Waals surface area (Å²) in [5, 5.41) is 41.2. The molecule has 3 amide bonds. The second-order valence-corrected chi connectivity index (χ2v) is 5.55. The molecule has 0 aliphatic rings. The third-order valence-corrected chi connectivity index (χ3v) is 3.24. The number of aliphatic hydroxyl groups is 1. The maximum Gasteiger partial charge on any atom is 0.322 e. The maximum atomic E-state index is 12.2. The largest absolute Gasteiger partial charge is 0.481 e. The summed E-state index contributed by atoms with van der Waals surface area (Å²) < 4.78 is 0. The molecule has 0 saturated carbocycles. The normalized spacial score (nSPS) is 13.5. The van der Waals surface area contributed by atoms with Gasteiger partial charge in [-0.15, -0.1) is 0 Å². The van der Waals surface area contributed by atoms with Gasteiger partial charge in [-0.05, 0) is 6.42 Å². The van der Waals surface area contributed by atoms with E-state index in [2.05, 4.69) is 5.32 Å². The number of carbonyl (C=O) groups excluding carboxylic acids is 3. The minimum atomic E-state index is -1.60. The predicted molar refractivity (Wildman–Crippen MR) is 88.7 cm³/mol. The first-order valence-corrected chi connectivity index (χ1v) is 7.88. The molecule has 14 nitrogen and oxygen atoms in total. The highest BCUT2D eigenvalue weighted by atomic mass is 16.4. The van der Waals surface area contributed by atoms with Crippen molar-refractivity contribution in [1.82, 2.24) is 16.0 Å². The van der Waals surface area contributed by atoms with Gasteiger partial charge in [-0.2, -0.15) is 0 Å². The van der Waals surface area contributed by atoms with Gasteiger partial charge in [-0.1, -0.05) is 0 Å². The van der Waals surface area contributed by atoms with E-state index in [1.807, 2.05) is 10.6 Å². The summed E-state index contributed by atoms with van der Waals surface area (Å²) >= 11 is 0. The standard InChI is InChI=1S/C14H22N4O10/c15-6(3-10(22)23)12(26)18-8(5-19)14(28)17-7(1-2-9(20)21)13(27)16-4-11(24)25/h6-8,19H,1-5,15H2,(H,16,27)(H,17,28)(H,18,26)(H,20,21)(H,22,23)(H,24,25). The lowest BCUT2D eigenvalue weighted by atomic mass is 10.1. The van der Waals surface area contributed by atoms with Crippen molar-refractivity contribution in [3.63, 3.8) is 0 Å². The van der Waals surface area contributed by atoms with Crippen molar-refractivity contribution in [1.29, 1.82) is 0 Å². The Labute approximate surface area is 158 Å². The zero-order valence-electron chi connectivity index (χ0n) is 14.6. The van der Waals surface area contributed by atoms with E-state index in [1.54, 1.807) is 0 Å². The Morgan fingerprint density at radius 1 is 0.786 bits per heavy atom. The maximum absolute atomic E-state index is 12.2. The van der Waals surface area contributed by atoms with Crippen LogP contribution in [0, 0.1) is 0 Å². The second-order valence-electron chi connectivity index (χ2n) is 5.55. The molecule has 3 unspecified atom stereocenters. The van der Waals surface area contributed by atoms with Gasteiger partial charge in [0.1, 0.15) is 18.6 Å². The number of nitrogens with two attached hydrogens (primary N) is 1. The molecule has 0 aromatic carbocycles. The molecule has 0 rings (SSSR count). The Hall–Kier alpha value is -3.26. The first-order valence-electron chi connectivity index (χ1n) is 7.88. The fourth-order valence-corrected chi connectivity index (χ4v) is 1.85. The van der Waals surface area contributed by atoms with Crippen molar-refractivity contribution < 1.29 is 49.2 Å². The van der Waals surface area contributed by atoms with Crippen molar-refractivity contribution >= 4 is 35.6 Å². The van der Waals surface area contributed by atoms with Crippen molar-refractivity contribution in [2.75, 3.05) is 13.2 Å². The molecule has 0 aliphatic carbocycles. The lowest BCUT2D eigenvalue weighted by molar-refractivity contribution is -0.140. The van der Waals surface area contributed by atoms with E-state index in [0.29, 0.717) is 0 Å². The summed E-state index contributed by atoms with van der Waals surface area (Å²) in [4.78, 5) is 67.6. The number of carboxylic acid groups (broad SMARTS) is 3. The third kappa shape index (κ3) is 10.0. The number of aliphatic carboxylic acids is 3. The molecule has 14 heteroatoms. The Bertz CT molecular complexity index is 623. The van der Waals surface area contributed by atoms with Crippen LogP contribution in [0.2, 0.25) is 0 Å². The summed E-state index contributed by atoms with van der Waals surface area (Å²) in [5.41, 5.74) is 5.33. The molecule has 0 aromatic rings. The van der Waals surface area contributed by atoms with Gasteiger partial charge in [-0.3, -0.25) is 28.8 Å². The highest BCUT2D eigenvalue weighted by molar-refractivity contribution is 5.94. The number of carboxylic acids is 3. The summed E-state index contributed by atoms with van der Waals surface area (Å²) in [6, 6.07) is -4.56. The fraction of sp³-hybridized carbons (Fsp3) is 0.571. The summed E-state index contributed by atoms with van der Waals surface area (Å²) in [7, 11) is 0. The highest BCUT2D eigenvalue weighted by Gasteiger charge is 2.28. The molecular weight excluding hydrogens is 384 g/mol. The highest BCUT2D eigenvalue weighted by Crippen LogP contribution is 2.00. The van der Waals surface area contributed by atoms with Gasteiger partial charge in [0.05, 0.1) is 19.1 Å². The Morgan fingerprint density at radius 2 is 1.36 bits per heavy atom. The van der Waals surface area contributed by atoms with E-state index < -0.39 is 86.2 Å². The van der Waals surface area contributed by atoms with E-state index in [1.165, 1.54) is 0 Å². The third-order valence-electron chi connectivity index (χ3n) is 3.24. The monoisotopic (exact) mass is 406 g/mol. The molecule has 9 N–H and O–H groups in total. The minimum absolute atomic E-state index is 0.392. The number of amides is 3. The van der Waals surface area contributed by atoms with E-state index in [4.69, 9.17) is 21.1 Å². The van der Waals surface area contributed by atoms with Crippen molar-refractivity contribution in [2.45, 2.75) is 37.4 Å². The average Bonchev–Trinajstić information content (AvgIpc) is 2.59. The van der Waals surface area contributed by atoms with E-state index in [0.717, 1.165) is 0 Å². The predicted octanol–water partition coefficient (Wildman–Crippen LogP) is -4.18. The fourth-order valence-electron chi connectivity index (χ4n) is 1.85. The second kappa shape index (κ2) is 12.2. The molecule has 0 aromatic heterocycles. The molecule has 3 atom stereocenters. The van der Waals surface area contributed by atoms with E-state index in [-0.39, 0.29) is 0 Å². The zero-order valence-corrected chi connectivity index (χ0v) is 14.6. The van der Waals surface area contributed by atoms with Crippen molar-refractivity contribution in [3.8, 4) is 0 Å². The van der Waals surface area contributed by atoms with E-state index >= 15 is 0 Å². The Kier molecular flexibility index (Phi) is 10.8. The number of hydrogen-bond acceptors (Lipinski definition) is 8. The zero-order chi connectivity index (χ0) is 21.9. The smallest absolute Gasteiger partial charge is 0.322 e. The number of rotatable bonds is 13. The van der Waals surface area contributed by atoms with Gasteiger partial charge in [0.25, 0.3) is 0 Å². The lowest BCUT2D eigenvalue weighted by Gasteiger charge is -2.22. The SMILES string of the molecule is NC(CC(=O)O)C(=O)NC(CO)C(=O)NC(CCC(=O)O)C(=O)NCC(=O)O. The number of hydrogen-bond donors (Lipinski definition) is 8. The summed E-state index contributed by atoms with van der Waals surface area (Å²) in [6.45, 7) is -1.71. The summed E-state index contributed by atoms with van der Waals surface area (Å²) in [6.07, 6.45) is -1.66. The Balaban J connectivity index is 5.03.